The highest BCUT2D eigenvalue weighted by Gasteiger charge is 2.16. The van der Waals surface area contributed by atoms with Gasteiger partial charge in [-0.3, -0.25) is 4.79 Å². The molecule has 1 atom stereocenters. The monoisotopic (exact) mass is 213 g/mol. The molecule has 0 fully saturated rings. The van der Waals surface area contributed by atoms with Crippen LogP contribution in [0.2, 0.25) is 0 Å². The van der Waals surface area contributed by atoms with Crippen LogP contribution < -0.4 is 5.32 Å². The summed E-state index contributed by atoms with van der Waals surface area (Å²) in [5.74, 6) is -0.282. The van der Waals surface area contributed by atoms with E-state index in [0.717, 1.165) is 0 Å². The summed E-state index contributed by atoms with van der Waals surface area (Å²) in [5, 5.41) is 19.0. The summed E-state index contributed by atoms with van der Waals surface area (Å²) in [6.07, 6.45) is -0.561. The van der Waals surface area contributed by atoms with Crippen LogP contribution in [0.25, 0.3) is 0 Å². The van der Waals surface area contributed by atoms with Crippen molar-refractivity contribution in [3.63, 3.8) is 0 Å². The van der Waals surface area contributed by atoms with E-state index >= 15 is 0 Å². The number of carbonyl (C=O) groups is 1. The average Bonchev–Trinajstić information content (AvgIpc) is 2.60. The molecule has 1 rings (SSSR count). The lowest BCUT2D eigenvalue weighted by Gasteiger charge is -2.14. The first-order chi connectivity index (χ1) is 7.02. The Kier molecular flexibility index (Phi) is 3.79. The number of aliphatic hydroxyl groups excluding tert-OH is 1. The van der Waals surface area contributed by atoms with E-state index in [2.05, 4.69) is 20.3 Å². The number of aromatic nitrogens is 2. The van der Waals surface area contributed by atoms with Crippen LogP contribution in [0.3, 0.4) is 0 Å². The van der Waals surface area contributed by atoms with Crippen LogP contribution >= 0.6 is 0 Å². The number of nitrogens with one attached hydrogen (secondary N) is 1. The summed E-state index contributed by atoms with van der Waals surface area (Å²) in [7, 11) is 0. The third-order valence-electron chi connectivity index (χ3n) is 2.11. The van der Waals surface area contributed by atoms with Crippen molar-refractivity contribution >= 4 is 5.91 Å². The maximum absolute atomic E-state index is 11.5. The molecule has 1 aromatic heterocycles. The van der Waals surface area contributed by atoms with E-state index in [1.165, 1.54) is 0 Å². The number of aliphatic hydroxyl groups is 1. The number of aryl methyl sites for hydroxylation is 1. The van der Waals surface area contributed by atoms with Crippen molar-refractivity contribution in [3.8, 4) is 0 Å². The van der Waals surface area contributed by atoms with Gasteiger partial charge in [0.1, 0.15) is 5.69 Å². The lowest BCUT2D eigenvalue weighted by atomic mass is 10.1. The van der Waals surface area contributed by atoms with Crippen LogP contribution in [0.5, 0.6) is 0 Å². The van der Waals surface area contributed by atoms with Gasteiger partial charge >= 0.3 is 0 Å². The number of hydrogen-bond donors (Lipinski definition) is 2. The van der Waals surface area contributed by atoms with Gasteiger partial charge in [-0.1, -0.05) is 19.0 Å². The molecule has 0 aliphatic rings. The standard InChI is InChI=1S/C9H15N3O3/c1-5(2)7(13)4-10-9(14)8-6(3)11-15-12-8/h5,7,13H,4H2,1-3H3,(H,10,14). The fourth-order valence-electron chi connectivity index (χ4n) is 0.954. The topological polar surface area (TPSA) is 88.2 Å². The minimum absolute atomic E-state index is 0.0989. The summed E-state index contributed by atoms with van der Waals surface area (Å²) in [6, 6.07) is 0. The highest BCUT2D eigenvalue weighted by molar-refractivity contribution is 5.92. The Hall–Kier alpha value is -1.43. The first kappa shape index (κ1) is 11.6. The molecule has 0 aliphatic carbocycles. The zero-order valence-corrected chi connectivity index (χ0v) is 9.02. The first-order valence-electron chi connectivity index (χ1n) is 4.77. The van der Waals surface area contributed by atoms with Crippen LogP contribution in [0.1, 0.15) is 30.0 Å². The summed E-state index contributed by atoms with van der Waals surface area (Å²) in [4.78, 5) is 11.5. The van der Waals surface area contributed by atoms with Crippen molar-refractivity contribution in [2.75, 3.05) is 6.54 Å². The molecule has 0 spiro atoms. The van der Waals surface area contributed by atoms with Gasteiger partial charge in [0, 0.05) is 6.54 Å². The van der Waals surface area contributed by atoms with Crippen LogP contribution in [0.15, 0.2) is 4.63 Å². The number of hydrogen-bond acceptors (Lipinski definition) is 5. The molecule has 0 radical (unpaired) electrons. The zero-order valence-electron chi connectivity index (χ0n) is 9.02. The highest BCUT2D eigenvalue weighted by atomic mass is 16.6. The second-order valence-corrected chi connectivity index (χ2v) is 3.72. The van der Waals surface area contributed by atoms with Crippen molar-refractivity contribution in [1.29, 1.82) is 0 Å². The molecule has 0 bridgehead atoms. The first-order valence-corrected chi connectivity index (χ1v) is 4.77. The fourth-order valence-corrected chi connectivity index (χ4v) is 0.954. The molecule has 1 unspecified atom stereocenters. The summed E-state index contributed by atoms with van der Waals surface area (Å²) >= 11 is 0. The molecule has 15 heavy (non-hydrogen) atoms. The highest BCUT2D eigenvalue weighted by Crippen LogP contribution is 2.02. The predicted molar refractivity (Wildman–Crippen MR) is 52.2 cm³/mol. The quantitative estimate of drug-likeness (QED) is 0.741. The molecule has 0 saturated carbocycles. The Morgan fingerprint density at radius 2 is 2.20 bits per heavy atom. The van der Waals surface area contributed by atoms with E-state index in [1.807, 2.05) is 13.8 Å². The molecule has 84 valence electrons. The molecule has 0 saturated heterocycles. The van der Waals surface area contributed by atoms with E-state index in [0.29, 0.717) is 5.69 Å². The molecular weight excluding hydrogens is 198 g/mol. The molecule has 6 nitrogen and oxygen atoms in total. The smallest absolute Gasteiger partial charge is 0.275 e. The van der Waals surface area contributed by atoms with Crippen molar-refractivity contribution in [1.82, 2.24) is 15.6 Å². The van der Waals surface area contributed by atoms with Crippen molar-refractivity contribution < 1.29 is 14.5 Å². The molecule has 1 heterocycles. The molecule has 6 heteroatoms. The third kappa shape index (κ3) is 3.02. The molecule has 1 aromatic rings. The Balaban J connectivity index is 2.47. The Labute approximate surface area is 87.6 Å². The molecule has 0 aromatic carbocycles. The molecule has 0 aliphatic heterocycles. The Bertz CT molecular complexity index is 335. The van der Waals surface area contributed by atoms with E-state index < -0.39 is 6.10 Å². The molecule has 2 N–H and O–H groups in total. The Morgan fingerprint density at radius 3 is 2.67 bits per heavy atom. The third-order valence-corrected chi connectivity index (χ3v) is 2.11. The summed E-state index contributed by atoms with van der Waals surface area (Å²) in [5.41, 5.74) is 0.595. The summed E-state index contributed by atoms with van der Waals surface area (Å²) < 4.78 is 4.40. The second-order valence-electron chi connectivity index (χ2n) is 3.72. The minimum Gasteiger partial charge on any atom is -0.391 e. The van der Waals surface area contributed by atoms with Gasteiger partial charge < -0.3 is 10.4 Å². The largest absolute Gasteiger partial charge is 0.391 e. The van der Waals surface area contributed by atoms with E-state index in [1.54, 1.807) is 6.92 Å². The van der Waals surface area contributed by atoms with Crippen molar-refractivity contribution in [2.45, 2.75) is 26.9 Å². The minimum atomic E-state index is -0.561. The van der Waals surface area contributed by atoms with Gasteiger partial charge in [-0.2, -0.15) is 0 Å². The van der Waals surface area contributed by atoms with Crippen LogP contribution in [-0.4, -0.2) is 34.0 Å². The van der Waals surface area contributed by atoms with Gasteiger partial charge in [0.15, 0.2) is 5.69 Å². The number of rotatable bonds is 4. The van der Waals surface area contributed by atoms with Crippen molar-refractivity contribution in [3.05, 3.63) is 11.4 Å². The van der Waals surface area contributed by atoms with E-state index in [9.17, 15) is 9.90 Å². The van der Waals surface area contributed by atoms with Crippen LogP contribution in [0, 0.1) is 12.8 Å². The van der Waals surface area contributed by atoms with Crippen molar-refractivity contribution in [2.24, 2.45) is 5.92 Å². The lowest BCUT2D eigenvalue weighted by Crippen LogP contribution is -2.35. The van der Waals surface area contributed by atoms with E-state index in [4.69, 9.17) is 0 Å². The lowest BCUT2D eigenvalue weighted by molar-refractivity contribution is 0.0862. The maximum Gasteiger partial charge on any atom is 0.275 e. The Morgan fingerprint density at radius 1 is 1.53 bits per heavy atom. The SMILES string of the molecule is Cc1nonc1C(=O)NCC(O)C(C)C. The van der Waals surface area contributed by atoms with Crippen LogP contribution in [-0.2, 0) is 0 Å². The van der Waals surface area contributed by atoms with Gasteiger partial charge in [0.25, 0.3) is 5.91 Å². The number of carbonyl (C=O) groups excluding carboxylic acids is 1. The summed E-state index contributed by atoms with van der Waals surface area (Å²) in [6.45, 7) is 5.58. The number of amides is 1. The molecular formula is C9H15N3O3. The van der Waals surface area contributed by atoms with Crippen LogP contribution in [0.4, 0.5) is 0 Å². The molecule has 1 amide bonds. The number of nitrogens with zero attached hydrogens (tertiary/aromatic N) is 2. The normalized spacial score (nSPS) is 12.9. The van der Waals surface area contributed by atoms with Gasteiger partial charge in [-0.25, -0.2) is 4.63 Å². The van der Waals surface area contributed by atoms with Gasteiger partial charge in [0.2, 0.25) is 0 Å². The second kappa shape index (κ2) is 4.88. The average molecular weight is 213 g/mol. The predicted octanol–water partition coefficient (Wildman–Crippen LogP) is 0.125. The zero-order chi connectivity index (χ0) is 11.4. The fraction of sp³-hybridized carbons (Fsp3) is 0.667. The van der Waals surface area contributed by atoms with Gasteiger partial charge in [0.05, 0.1) is 6.10 Å². The maximum atomic E-state index is 11.5. The van der Waals surface area contributed by atoms with E-state index in [-0.39, 0.29) is 24.1 Å². The van der Waals surface area contributed by atoms with Gasteiger partial charge in [-0.05, 0) is 18.0 Å². The van der Waals surface area contributed by atoms with Gasteiger partial charge in [-0.15, -0.1) is 0 Å².